The van der Waals surface area contributed by atoms with E-state index in [2.05, 4.69) is 0 Å². The molecule has 0 spiro atoms. The molecule has 4 nitrogen and oxygen atoms in total. The largest absolute Gasteiger partial charge is 0.496 e. The van der Waals surface area contributed by atoms with E-state index in [1.807, 2.05) is 6.92 Å². The van der Waals surface area contributed by atoms with Crippen LogP contribution in [-0.4, -0.2) is 18.2 Å². The molecule has 0 aromatic heterocycles. The standard InChI is InChI=1S/C12H16FNO3/c1-3-7-4-8(10(14)6-12(15)16)11(17-2)5-9(7)13/h4-5,10H,3,6,14H2,1-2H3,(H,15,16). The van der Waals surface area contributed by atoms with Crippen LogP contribution < -0.4 is 10.5 Å². The van der Waals surface area contributed by atoms with Crippen molar-refractivity contribution in [3.8, 4) is 5.75 Å². The second-order valence-corrected chi connectivity index (χ2v) is 3.74. The predicted octanol–water partition coefficient (Wildman–Crippen LogP) is 1.87. The Morgan fingerprint density at radius 3 is 2.71 bits per heavy atom. The molecule has 0 aliphatic carbocycles. The summed E-state index contributed by atoms with van der Waals surface area (Å²) in [5, 5.41) is 8.70. The van der Waals surface area contributed by atoms with Crippen LogP contribution in [0, 0.1) is 5.82 Å². The van der Waals surface area contributed by atoms with Gasteiger partial charge in [0.15, 0.2) is 0 Å². The minimum Gasteiger partial charge on any atom is -0.496 e. The molecule has 1 aromatic carbocycles. The van der Waals surface area contributed by atoms with Crippen molar-refractivity contribution in [2.45, 2.75) is 25.8 Å². The van der Waals surface area contributed by atoms with Crippen LogP contribution in [0.5, 0.6) is 5.75 Å². The maximum atomic E-state index is 13.5. The summed E-state index contributed by atoms with van der Waals surface area (Å²) in [5.41, 5.74) is 6.79. The van der Waals surface area contributed by atoms with Gasteiger partial charge in [0.05, 0.1) is 13.5 Å². The molecule has 1 rings (SSSR count). The molecule has 0 amide bonds. The van der Waals surface area contributed by atoms with Crippen molar-refractivity contribution in [1.82, 2.24) is 0 Å². The fourth-order valence-electron chi connectivity index (χ4n) is 1.65. The molecule has 0 saturated carbocycles. The average molecular weight is 241 g/mol. The van der Waals surface area contributed by atoms with Crippen molar-refractivity contribution >= 4 is 5.97 Å². The SMILES string of the molecule is CCc1cc(C(N)CC(=O)O)c(OC)cc1F. The minimum atomic E-state index is -0.998. The molecule has 0 aliphatic heterocycles. The number of halogens is 1. The normalized spacial score (nSPS) is 12.2. The van der Waals surface area contributed by atoms with Crippen molar-refractivity contribution in [3.05, 3.63) is 29.1 Å². The maximum Gasteiger partial charge on any atom is 0.305 e. The molecule has 5 heteroatoms. The fourth-order valence-corrected chi connectivity index (χ4v) is 1.65. The first-order chi connectivity index (χ1) is 7.99. The molecule has 0 bridgehead atoms. The van der Waals surface area contributed by atoms with Gasteiger partial charge >= 0.3 is 5.97 Å². The number of rotatable bonds is 5. The lowest BCUT2D eigenvalue weighted by Crippen LogP contribution is -2.16. The van der Waals surface area contributed by atoms with Crippen LogP contribution in [0.2, 0.25) is 0 Å². The molecule has 1 aromatic rings. The summed E-state index contributed by atoms with van der Waals surface area (Å²) >= 11 is 0. The van der Waals surface area contributed by atoms with Crippen molar-refractivity contribution in [2.75, 3.05) is 7.11 Å². The number of hydrogen-bond acceptors (Lipinski definition) is 3. The van der Waals surface area contributed by atoms with Crippen LogP contribution in [-0.2, 0) is 11.2 Å². The molecule has 0 fully saturated rings. The van der Waals surface area contributed by atoms with Gasteiger partial charge in [0.2, 0.25) is 0 Å². The zero-order chi connectivity index (χ0) is 13.0. The molecule has 94 valence electrons. The van der Waals surface area contributed by atoms with Gasteiger partial charge in [0, 0.05) is 17.7 Å². The van der Waals surface area contributed by atoms with Gasteiger partial charge in [-0.05, 0) is 18.1 Å². The van der Waals surface area contributed by atoms with E-state index in [-0.39, 0.29) is 18.0 Å². The number of nitrogens with two attached hydrogens (primary N) is 1. The molecule has 17 heavy (non-hydrogen) atoms. The maximum absolute atomic E-state index is 13.5. The Labute approximate surface area is 99.2 Å². The van der Waals surface area contributed by atoms with E-state index in [4.69, 9.17) is 15.6 Å². The van der Waals surface area contributed by atoms with Crippen LogP contribution in [0.3, 0.4) is 0 Å². The van der Waals surface area contributed by atoms with Crippen LogP contribution in [0.25, 0.3) is 0 Å². The summed E-state index contributed by atoms with van der Waals surface area (Å²) in [4.78, 5) is 10.6. The van der Waals surface area contributed by atoms with Crippen molar-refractivity contribution in [2.24, 2.45) is 5.73 Å². The molecule has 0 saturated heterocycles. The van der Waals surface area contributed by atoms with Gasteiger partial charge in [-0.15, -0.1) is 0 Å². The lowest BCUT2D eigenvalue weighted by molar-refractivity contribution is -0.137. The number of aryl methyl sites for hydroxylation is 1. The molecular weight excluding hydrogens is 225 g/mol. The number of methoxy groups -OCH3 is 1. The van der Waals surface area contributed by atoms with Gasteiger partial charge in [-0.2, -0.15) is 0 Å². The summed E-state index contributed by atoms with van der Waals surface area (Å²) in [6.45, 7) is 1.82. The minimum absolute atomic E-state index is 0.217. The van der Waals surface area contributed by atoms with Gasteiger partial charge in [0.25, 0.3) is 0 Å². The number of carboxylic acid groups (broad SMARTS) is 1. The summed E-state index contributed by atoms with van der Waals surface area (Å²) in [6, 6.07) is 2.12. The molecule has 1 unspecified atom stereocenters. The van der Waals surface area contributed by atoms with Gasteiger partial charge < -0.3 is 15.6 Å². The molecular formula is C12H16FNO3. The third kappa shape index (κ3) is 3.17. The van der Waals surface area contributed by atoms with E-state index < -0.39 is 12.0 Å². The smallest absolute Gasteiger partial charge is 0.305 e. The van der Waals surface area contributed by atoms with Gasteiger partial charge in [0.1, 0.15) is 11.6 Å². The number of hydrogen-bond donors (Lipinski definition) is 2. The highest BCUT2D eigenvalue weighted by Crippen LogP contribution is 2.29. The molecule has 0 radical (unpaired) electrons. The highest BCUT2D eigenvalue weighted by Gasteiger charge is 2.17. The third-order valence-corrected chi connectivity index (χ3v) is 2.57. The molecule has 3 N–H and O–H groups in total. The van der Waals surface area contributed by atoms with Crippen molar-refractivity contribution in [1.29, 1.82) is 0 Å². The van der Waals surface area contributed by atoms with Crippen LogP contribution >= 0.6 is 0 Å². The Morgan fingerprint density at radius 2 is 2.24 bits per heavy atom. The highest BCUT2D eigenvalue weighted by atomic mass is 19.1. The van der Waals surface area contributed by atoms with E-state index in [1.54, 1.807) is 6.07 Å². The first-order valence-electron chi connectivity index (χ1n) is 5.33. The van der Waals surface area contributed by atoms with Crippen LogP contribution in [0.15, 0.2) is 12.1 Å². The zero-order valence-electron chi connectivity index (χ0n) is 9.87. The Hall–Kier alpha value is -1.62. The van der Waals surface area contributed by atoms with Crippen LogP contribution in [0.4, 0.5) is 4.39 Å². The number of ether oxygens (including phenoxy) is 1. The lowest BCUT2D eigenvalue weighted by Gasteiger charge is -2.16. The topological polar surface area (TPSA) is 72.6 Å². The zero-order valence-corrected chi connectivity index (χ0v) is 9.87. The summed E-state index contributed by atoms with van der Waals surface area (Å²) in [6.07, 6.45) is 0.299. The first kappa shape index (κ1) is 13.4. The van der Waals surface area contributed by atoms with Gasteiger partial charge in [-0.25, -0.2) is 4.39 Å². The van der Waals surface area contributed by atoms with E-state index in [0.717, 1.165) is 0 Å². The number of carboxylic acids is 1. The molecule has 1 atom stereocenters. The molecule has 0 aliphatic rings. The molecule has 0 heterocycles. The monoisotopic (exact) mass is 241 g/mol. The number of carbonyl (C=O) groups is 1. The van der Waals surface area contributed by atoms with E-state index in [9.17, 15) is 9.18 Å². The quantitative estimate of drug-likeness (QED) is 0.825. The van der Waals surface area contributed by atoms with E-state index >= 15 is 0 Å². The number of benzene rings is 1. The second-order valence-electron chi connectivity index (χ2n) is 3.74. The highest BCUT2D eigenvalue weighted by molar-refractivity contribution is 5.68. The second kappa shape index (κ2) is 5.63. The van der Waals surface area contributed by atoms with E-state index in [0.29, 0.717) is 17.5 Å². The summed E-state index contributed by atoms with van der Waals surface area (Å²) in [7, 11) is 1.40. The average Bonchev–Trinajstić information content (AvgIpc) is 2.27. The third-order valence-electron chi connectivity index (χ3n) is 2.57. The predicted molar refractivity (Wildman–Crippen MR) is 61.5 cm³/mol. The summed E-state index contributed by atoms with van der Waals surface area (Å²) in [5.74, 6) is -1.08. The first-order valence-corrected chi connectivity index (χ1v) is 5.33. The van der Waals surface area contributed by atoms with Gasteiger partial charge in [-0.1, -0.05) is 6.92 Å². The van der Waals surface area contributed by atoms with Crippen LogP contribution in [0.1, 0.15) is 30.5 Å². The lowest BCUT2D eigenvalue weighted by atomic mass is 9.99. The summed E-state index contributed by atoms with van der Waals surface area (Å²) < 4.78 is 18.5. The van der Waals surface area contributed by atoms with Crippen molar-refractivity contribution in [3.63, 3.8) is 0 Å². The Balaban J connectivity index is 3.15. The Kier molecular flexibility index (Phi) is 4.45. The van der Waals surface area contributed by atoms with E-state index in [1.165, 1.54) is 13.2 Å². The Bertz CT molecular complexity index is 420. The van der Waals surface area contributed by atoms with Crippen molar-refractivity contribution < 1.29 is 19.0 Å². The Morgan fingerprint density at radius 1 is 1.59 bits per heavy atom. The van der Waals surface area contributed by atoms with Gasteiger partial charge in [-0.3, -0.25) is 4.79 Å². The fraction of sp³-hybridized carbons (Fsp3) is 0.417. The number of aliphatic carboxylic acids is 1.